The van der Waals surface area contributed by atoms with E-state index in [2.05, 4.69) is 25.5 Å². The predicted molar refractivity (Wildman–Crippen MR) is 57.5 cm³/mol. The first-order valence-electron chi connectivity index (χ1n) is 5.08. The van der Waals surface area contributed by atoms with Gasteiger partial charge in [-0.1, -0.05) is 0 Å². The van der Waals surface area contributed by atoms with Crippen molar-refractivity contribution in [2.45, 2.75) is 13.1 Å². The summed E-state index contributed by atoms with van der Waals surface area (Å²) in [6, 6.07) is 4.06. The summed E-state index contributed by atoms with van der Waals surface area (Å²) in [4.78, 5) is 10.8. The van der Waals surface area contributed by atoms with Crippen molar-refractivity contribution in [1.82, 2.24) is 14.5 Å². The van der Waals surface area contributed by atoms with Crippen LogP contribution in [0.3, 0.4) is 0 Å². The van der Waals surface area contributed by atoms with E-state index < -0.39 is 0 Å². The Balaban J connectivity index is 1.88. The molecule has 0 unspecified atom stereocenters. The Morgan fingerprint density at radius 1 is 1.20 bits per heavy atom. The van der Waals surface area contributed by atoms with Crippen LogP contribution in [0.15, 0.2) is 36.9 Å². The fraction of sp³-hybridized carbons (Fsp3) is 0.273. The van der Waals surface area contributed by atoms with Crippen molar-refractivity contribution in [3.05, 3.63) is 42.7 Å². The molecule has 0 spiro atoms. The van der Waals surface area contributed by atoms with Gasteiger partial charge in [0.15, 0.2) is 0 Å². The number of pyridine rings is 1. The molecule has 0 fully saturated rings. The van der Waals surface area contributed by atoms with Crippen LogP contribution < -0.4 is 4.90 Å². The Kier molecular flexibility index (Phi) is 1.91. The Labute approximate surface area is 88.2 Å². The summed E-state index contributed by atoms with van der Waals surface area (Å²) in [5.41, 5.74) is 1.17. The molecule has 0 radical (unpaired) electrons. The number of hydrogen-bond acceptors (Lipinski definition) is 3. The maximum atomic E-state index is 4.33. The van der Waals surface area contributed by atoms with Crippen molar-refractivity contribution in [2.75, 3.05) is 11.4 Å². The maximum absolute atomic E-state index is 4.33. The van der Waals surface area contributed by atoms with Crippen LogP contribution >= 0.6 is 0 Å². The van der Waals surface area contributed by atoms with Crippen molar-refractivity contribution >= 4 is 5.69 Å². The highest BCUT2D eigenvalue weighted by atomic mass is 15.2. The van der Waals surface area contributed by atoms with Crippen LogP contribution in [0.5, 0.6) is 0 Å². The first kappa shape index (κ1) is 8.47. The van der Waals surface area contributed by atoms with Crippen molar-refractivity contribution in [3.8, 4) is 0 Å². The zero-order chi connectivity index (χ0) is 10.1. The fourth-order valence-electron chi connectivity index (χ4n) is 1.93. The summed E-state index contributed by atoms with van der Waals surface area (Å²) in [6.45, 7) is 2.90. The standard InChI is InChI=1S/C11H12N4/c1-2-10(8-12-3-1)15-7-6-14-5-4-13-11(14)9-15/h1-5,8H,6-7,9H2. The van der Waals surface area contributed by atoms with Crippen molar-refractivity contribution in [1.29, 1.82) is 0 Å². The van der Waals surface area contributed by atoms with E-state index in [1.54, 1.807) is 6.20 Å². The Bertz CT molecular complexity index is 449. The van der Waals surface area contributed by atoms with E-state index in [9.17, 15) is 0 Å². The van der Waals surface area contributed by atoms with Crippen LogP contribution in [-0.4, -0.2) is 21.1 Å². The molecule has 0 atom stereocenters. The predicted octanol–water partition coefficient (Wildman–Crippen LogP) is 1.30. The summed E-state index contributed by atoms with van der Waals surface area (Å²) in [7, 11) is 0. The number of imidazole rings is 1. The maximum Gasteiger partial charge on any atom is 0.128 e. The SMILES string of the molecule is c1cncc(N2CCn3ccnc3C2)c1. The van der Waals surface area contributed by atoms with Crippen LogP contribution in [0.1, 0.15) is 5.82 Å². The molecular formula is C11H12N4. The zero-order valence-electron chi connectivity index (χ0n) is 8.37. The lowest BCUT2D eigenvalue weighted by atomic mass is 10.3. The molecule has 0 aromatic carbocycles. The van der Waals surface area contributed by atoms with E-state index in [4.69, 9.17) is 0 Å². The molecule has 0 aliphatic carbocycles. The molecule has 3 heterocycles. The van der Waals surface area contributed by atoms with Crippen LogP contribution in [0.25, 0.3) is 0 Å². The number of nitrogens with zero attached hydrogens (tertiary/aromatic N) is 4. The number of aromatic nitrogens is 3. The monoisotopic (exact) mass is 200 g/mol. The second-order valence-corrected chi connectivity index (χ2v) is 3.67. The summed E-state index contributed by atoms with van der Waals surface area (Å²) in [6.07, 6.45) is 7.60. The first-order valence-corrected chi connectivity index (χ1v) is 5.08. The molecule has 2 aromatic rings. The highest BCUT2D eigenvalue weighted by Gasteiger charge is 2.16. The van der Waals surface area contributed by atoms with E-state index in [-0.39, 0.29) is 0 Å². The van der Waals surface area contributed by atoms with Gasteiger partial charge in [0.1, 0.15) is 5.82 Å². The largest absolute Gasteiger partial charge is 0.361 e. The van der Waals surface area contributed by atoms with Crippen molar-refractivity contribution < 1.29 is 0 Å². The second kappa shape index (κ2) is 3.38. The van der Waals surface area contributed by atoms with Gasteiger partial charge >= 0.3 is 0 Å². The van der Waals surface area contributed by atoms with Crippen LogP contribution in [-0.2, 0) is 13.1 Å². The highest BCUT2D eigenvalue weighted by Crippen LogP contribution is 2.18. The van der Waals surface area contributed by atoms with E-state index in [0.29, 0.717) is 0 Å². The van der Waals surface area contributed by atoms with Crippen molar-refractivity contribution in [3.63, 3.8) is 0 Å². The topological polar surface area (TPSA) is 34.0 Å². The summed E-state index contributed by atoms with van der Waals surface area (Å²) in [5, 5.41) is 0. The minimum absolute atomic E-state index is 0.874. The summed E-state index contributed by atoms with van der Waals surface area (Å²) >= 11 is 0. The molecule has 1 aliphatic rings. The van der Waals surface area contributed by atoms with Gasteiger partial charge in [0, 0.05) is 31.7 Å². The van der Waals surface area contributed by atoms with Gasteiger partial charge in [0.2, 0.25) is 0 Å². The zero-order valence-corrected chi connectivity index (χ0v) is 8.37. The van der Waals surface area contributed by atoms with Gasteiger partial charge in [0.25, 0.3) is 0 Å². The lowest BCUT2D eigenvalue weighted by Gasteiger charge is -2.29. The van der Waals surface area contributed by atoms with E-state index >= 15 is 0 Å². The average Bonchev–Trinajstić information content (AvgIpc) is 2.77. The van der Waals surface area contributed by atoms with Crippen LogP contribution in [0.2, 0.25) is 0 Å². The van der Waals surface area contributed by atoms with Crippen LogP contribution in [0.4, 0.5) is 5.69 Å². The van der Waals surface area contributed by atoms with Gasteiger partial charge in [0.05, 0.1) is 18.4 Å². The first-order chi connectivity index (χ1) is 7.43. The molecule has 0 N–H and O–H groups in total. The van der Waals surface area contributed by atoms with Gasteiger partial charge in [-0.05, 0) is 12.1 Å². The Hall–Kier alpha value is -1.84. The molecule has 4 heteroatoms. The number of hydrogen-bond donors (Lipinski definition) is 0. The molecule has 76 valence electrons. The fourth-order valence-corrected chi connectivity index (χ4v) is 1.93. The van der Waals surface area contributed by atoms with E-state index in [1.807, 2.05) is 24.7 Å². The summed E-state index contributed by atoms with van der Waals surface area (Å²) in [5.74, 6) is 1.13. The van der Waals surface area contributed by atoms with Gasteiger partial charge in [-0.2, -0.15) is 0 Å². The summed E-state index contributed by atoms with van der Waals surface area (Å²) < 4.78 is 2.20. The van der Waals surface area contributed by atoms with E-state index in [0.717, 1.165) is 25.5 Å². The quantitative estimate of drug-likeness (QED) is 0.695. The van der Waals surface area contributed by atoms with Gasteiger partial charge in [-0.25, -0.2) is 4.98 Å². The van der Waals surface area contributed by atoms with Crippen molar-refractivity contribution in [2.24, 2.45) is 0 Å². The highest BCUT2D eigenvalue weighted by molar-refractivity contribution is 5.44. The van der Waals surface area contributed by atoms with E-state index in [1.165, 1.54) is 5.69 Å². The molecule has 3 rings (SSSR count). The van der Waals surface area contributed by atoms with Gasteiger partial charge < -0.3 is 9.47 Å². The second-order valence-electron chi connectivity index (χ2n) is 3.67. The molecule has 0 bridgehead atoms. The normalized spacial score (nSPS) is 15.1. The lowest BCUT2D eigenvalue weighted by Crippen LogP contribution is -2.33. The molecule has 15 heavy (non-hydrogen) atoms. The third kappa shape index (κ3) is 1.48. The number of fused-ring (bicyclic) bond motifs is 1. The molecule has 0 saturated carbocycles. The average molecular weight is 200 g/mol. The molecule has 2 aromatic heterocycles. The number of rotatable bonds is 1. The number of anilines is 1. The minimum atomic E-state index is 0.874. The molecule has 4 nitrogen and oxygen atoms in total. The van der Waals surface area contributed by atoms with Gasteiger partial charge in [-0.3, -0.25) is 4.98 Å². The van der Waals surface area contributed by atoms with Crippen LogP contribution in [0, 0.1) is 0 Å². The smallest absolute Gasteiger partial charge is 0.128 e. The van der Waals surface area contributed by atoms with Gasteiger partial charge in [-0.15, -0.1) is 0 Å². The Morgan fingerprint density at radius 2 is 2.20 bits per heavy atom. The third-order valence-electron chi connectivity index (χ3n) is 2.76. The molecular weight excluding hydrogens is 188 g/mol. The minimum Gasteiger partial charge on any atom is -0.361 e. The lowest BCUT2D eigenvalue weighted by molar-refractivity contribution is 0.559. The molecule has 1 aliphatic heterocycles. The molecule has 0 amide bonds. The third-order valence-corrected chi connectivity index (χ3v) is 2.76. The Morgan fingerprint density at radius 3 is 3.07 bits per heavy atom. The molecule has 0 saturated heterocycles.